The molecule has 2 aromatic carbocycles. The zero-order chi connectivity index (χ0) is 12.2. The van der Waals surface area contributed by atoms with Gasteiger partial charge in [-0.05, 0) is 36.2 Å². The molecule has 0 radical (unpaired) electrons. The van der Waals surface area contributed by atoms with E-state index in [2.05, 4.69) is 59.2 Å². The summed E-state index contributed by atoms with van der Waals surface area (Å²) in [6.07, 6.45) is 1.26. The molecule has 1 heterocycles. The third kappa shape index (κ3) is 2.54. The third-order valence-corrected chi connectivity index (χ3v) is 3.48. The predicted molar refractivity (Wildman–Crippen MR) is 75.6 cm³/mol. The van der Waals surface area contributed by atoms with Crippen molar-refractivity contribution in [2.75, 3.05) is 11.9 Å². The minimum Gasteiger partial charge on any atom is -0.381 e. The first-order valence-corrected chi connectivity index (χ1v) is 6.53. The molecule has 0 unspecified atom stereocenters. The fraction of sp³-hybridized carbons (Fsp3) is 0.250. The van der Waals surface area contributed by atoms with E-state index in [4.69, 9.17) is 0 Å². The van der Waals surface area contributed by atoms with Gasteiger partial charge in [0.15, 0.2) is 0 Å². The highest BCUT2D eigenvalue weighted by molar-refractivity contribution is 5.45. The van der Waals surface area contributed by atoms with E-state index < -0.39 is 0 Å². The van der Waals surface area contributed by atoms with Crippen LogP contribution in [-0.2, 0) is 6.54 Å². The van der Waals surface area contributed by atoms with Crippen LogP contribution in [0, 0.1) is 0 Å². The van der Waals surface area contributed by atoms with Crippen molar-refractivity contribution < 1.29 is 0 Å². The monoisotopic (exact) mass is 238 g/mol. The number of rotatable bonds is 4. The van der Waals surface area contributed by atoms with Gasteiger partial charge in [-0.2, -0.15) is 0 Å². The van der Waals surface area contributed by atoms with Gasteiger partial charge in [-0.25, -0.2) is 0 Å². The van der Waals surface area contributed by atoms with Crippen LogP contribution in [0.2, 0.25) is 0 Å². The lowest BCUT2D eigenvalue weighted by atomic mass is 9.98. The summed E-state index contributed by atoms with van der Waals surface area (Å²) in [7, 11) is 0. The van der Waals surface area contributed by atoms with Gasteiger partial charge >= 0.3 is 0 Å². The Hall–Kier alpha value is -1.80. The molecule has 2 nitrogen and oxygen atoms in total. The number of benzene rings is 2. The molecule has 2 N–H and O–H groups in total. The SMILES string of the molecule is c1ccc(CNc2ccc([C@@H]3CCN3)cc2)cc1. The Kier molecular flexibility index (Phi) is 3.29. The Balaban J connectivity index is 1.59. The summed E-state index contributed by atoms with van der Waals surface area (Å²) in [5, 5.41) is 6.86. The maximum Gasteiger partial charge on any atom is 0.0400 e. The van der Waals surface area contributed by atoms with Gasteiger partial charge in [-0.15, -0.1) is 0 Å². The summed E-state index contributed by atoms with van der Waals surface area (Å²) >= 11 is 0. The van der Waals surface area contributed by atoms with Crippen LogP contribution in [0.25, 0.3) is 0 Å². The first kappa shape index (κ1) is 11.3. The first-order chi connectivity index (χ1) is 8.92. The van der Waals surface area contributed by atoms with Crippen LogP contribution in [0.15, 0.2) is 54.6 Å². The standard InChI is InChI=1S/C16H18N2/c1-2-4-13(5-3-1)12-18-15-8-6-14(7-9-15)16-10-11-17-16/h1-9,16-18H,10-12H2/t16-/m0/s1. The molecule has 92 valence electrons. The molecule has 1 atom stereocenters. The summed E-state index contributed by atoms with van der Waals surface area (Å²) in [5.74, 6) is 0. The lowest BCUT2D eigenvalue weighted by Crippen LogP contribution is -2.34. The fourth-order valence-electron chi connectivity index (χ4n) is 2.21. The molecule has 0 spiro atoms. The number of nitrogens with one attached hydrogen (secondary N) is 2. The predicted octanol–water partition coefficient (Wildman–Crippen LogP) is 3.33. The van der Waals surface area contributed by atoms with Crippen LogP contribution in [0.4, 0.5) is 5.69 Å². The largest absolute Gasteiger partial charge is 0.381 e. The quantitative estimate of drug-likeness (QED) is 0.853. The molecule has 1 aliphatic rings. The number of hydrogen-bond acceptors (Lipinski definition) is 2. The normalized spacial score (nSPS) is 18.1. The summed E-state index contributed by atoms with van der Waals surface area (Å²) in [5.41, 5.74) is 3.88. The van der Waals surface area contributed by atoms with E-state index in [1.165, 1.54) is 23.2 Å². The zero-order valence-electron chi connectivity index (χ0n) is 10.4. The van der Waals surface area contributed by atoms with Gasteiger partial charge in [-0.1, -0.05) is 42.5 Å². The molecule has 0 saturated carbocycles. The molecule has 2 aromatic rings. The Morgan fingerprint density at radius 3 is 2.33 bits per heavy atom. The van der Waals surface area contributed by atoms with Crippen LogP contribution in [-0.4, -0.2) is 6.54 Å². The molecular formula is C16H18N2. The van der Waals surface area contributed by atoms with Gasteiger partial charge < -0.3 is 10.6 Å². The van der Waals surface area contributed by atoms with Gasteiger partial charge in [0.05, 0.1) is 0 Å². The third-order valence-electron chi connectivity index (χ3n) is 3.48. The topological polar surface area (TPSA) is 24.1 Å². The Morgan fingerprint density at radius 1 is 1.00 bits per heavy atom. The van der Waals surface area contributed by atoms with Gasteiger partial charge in [0, 0.05) is 18.3 Å². The van der Waals surface area contributed by atoms with E-state index in [1.807, 2.05) is 6.07 Å². The Bertz CT molecular complexity index is 486. The number of hydrogen-bond donors (Lipinski definition) is 2. The van der Waals surface area contributed by atoms with Gasteiger partial charge in [0.1, 0.15) is 0 Å². The van der Waals surface area contributed by atoms with Crippen molar-refractivity contribution in [3.05, 3.63) is 65.7 Å². The van der Waals surface area contributed by atoms with Crippen molar-refractivity contribution >= 4 is 5.69 Å². The Morgan fingerprint density at radius 2 is 1.72 bits per heavy atom. The van der Waals surface area contributed by atoms with Crippen molar-refractivity contribution in [2.24, 2.45) is 0 Å². The van der Waals surface area contributed by atoms with Gasteiger partial charge in [0.2, 0.25) is 0 Å². The molecule has 0 aromatic heterocycles. The van der Waals surface area contributed by atoms with Gasteiger partial charge in [0.25, 0.3) is 0 Å². The van der Waals surface area contributed by atoms with Crippen LogP contribution in [0.5, 0.6) is 0 Å². The first-order valence-electron chi connectivity index (χ1n) is 6.53. The minimum absolute atomic E-state index is 0.577. The average molecular weight is 238 g/mol. The summed E-state index contributed by atoms with van der Waals surface area (Å²) in [6, 6.07) is 19.8. The summed E-state index contributed by atoms with van der Waals surface area (Å²) < 4.78 is 0. The minimum atomic E-state index is 0.577. The smallest absolute Gasteiger partial charge is 0.0400 e. The van der Waals surface area contributed by atoms with E-state index in [0.29, 0.717) is 6.04 Å². The Labute approximate surface area is 108 Å². The second-order valence-electron chi connectivity index (χ2n) is 4.76. The van der Waals surface area contributed by atoms with Crippen LogP contribution in [0.3, 0.4) is 0 Å². The molecule has 0 aliphatic carbocycles. The average Bonchev–Trinajstić information content (AvgIpc) is 2.37. The highest BCUT2D eigenvalue weighted by Crippen LogP contribution is 2.23. The molecule has 1 fully saturated rings. The van der Waals surface area contributed by atoms with E-state index in [9.17, 15) is 0 Å². The van der Waals surface area contributed by atoms with Gasteiger partial charge in [-0.3, -0.25) is 0 Å². The second kappa shape index (κ2) is 5.23. The number of anilines is 1. The van der Waals surface area contributed by atoms with Crippen molar-refractivity contribution in [3.8, 4) is 0 Å². The van der Waals surface area contributed by atoms with E-state index in [0.717, 1.165) is 13.1 Å². The second-order valence-corrected chi connectivity index (χ2v) is 4.76. The molecule has 0 amide bonds. The highest BCUT2D eigenvalue weighted by atomic mass is 15.0. The van der Waals surface area contributed by atoms with Crippen LogP contribution in [0.1, 0.15) is 23.6 Å². The molecule has 1 saturated heterocycles. The maximum atomic E-state index is 3.44. The van der Waals surface area contributed by atoms with E-state index >= 15 is 0 Å². The van der Waals surface area contributed by atoms with Crippen LogP contribution < -0.4 is 10.6 Å². The summed E-state index contributed by atoms with van der Waals surface area (Å²) in [4.78, 5) is 0. The fourth-order valence-corrected chi connectivity index (χ4v) is 2.21. The van der Waals surface area contributed by atoms with Crippen LogP contribution >= 0.6 is 0 Å². The lowest BCUT2D eigenvalue weighted by molar-refractivity contribution is 0.383. The lowest BCUT2D eigenvalue weighted by Gasteiger charge is -2.28. The molecule has 18 heavy (non-hydrogen) atoms. The zero-order valence-corrected chi connectivity index (χ0v) is 10.4. The molecule has 0 bridgehead atoms. The van der Waals surface area contributed by atoms with Crippen molar-refractivity contribution in [3.63, 3.8) is 0 Å². The maximum absolute atomic E-state index is 3.44. The van der Waals surface area contributed by atoms with E-state index in [1.54, 1.807) is 0 Å². The summed E-state index contributed by atoms with van der Waals surface area (Å²) in [6.45, 7) is 2.03. The van der Waals surface area contributed by atoms with Crippen molar-refractivity contribution in [1.29, 1.82) is 0 Å². The molecular weight excluding hydrogens is 220 g/mol. The van der Waals surface area contributed by atoms with Crippen molar-refractivity contribution in [1.82, 2.24) is 5.32 Å². The van der Waals surface area contributed by atoms with Crippen molar-refractivity contribution in [2.45, 2.75) is 19.0 Å². The molecule has 1 aliphatic heterocycles. The highest BCUT2D eigenvalue weighted by Gasteiger charge is 2.17. The van der Waals surface area contributed by atoms with E-state index in [-0.39, 0.29) is 0 Å². The molecule has 3 rings (SSSR count). The molecule has 2 heteroatoms.